The summed E-state index contributed by atoms with van der Waals surface area (Å²) in [4.78, 5) is 14.8. The van der Waals surface area contributed by atoms with Gasteiger partial charge in [-0.2, -0.15) is 0 Å². The third-order valence-corrected chi connectivity index (χ3v) is 5.68. The Balaban J connectivity index is 1.86. The molecule has 5 nitrogen and oxygen atoms in total. The maximum Gasteiger partial charge on any atom is 0.257 e. The molecule has 0 fully saturated rings. The quantitative estimate of drug-likeness (QED) is 0.568. The predicted molar refractivity (Wildman–Crippen MR) is 96.5 cm³/mol. The predicted octanol–water partition coefficient (Wildman–Crippen LogP) is 3.00. The molecule has 0 aliphatic rings. The number of nitrogens with one attached hydrogen (secondary N) is 2. The number of thioether (sulfide) groups is 1. The van der Waals surface area contributed by atoms with E-state index in [1.807, 2.05) is 6.92 Å². The second-order valence-electron chi connectivity index (χ2n) is 4.89. The molecule has 2 rings (SSSR count). The molecule has 2 aromatic rings. The highest BCUT2D eigenvalue weighted by molar-refractivity contribution is 8.00. The number of rotatable bonds is 7. The molecular weight excluding hydrogens is 368 g/mol. The van der Waals surface area contributed by atoms with Crippen molar-refractivity contribution in [2.24, 2.45) is 0 Å². The summed E-state index contributed by atoms with van der Waals surface area (Å²) in [5.41, 5.74) is 3.25. The van der Waals surface area contributed by atoms with Gasteiger partial charge in [-0.1, -0.05) is 30.7 Å². The highest BCUT2D eigenvalue weighted by atomic mass is 35.5. The molecule has 0 radical (unpaired) electrons. The molecule has 0 bridgehead atoms. The Morgan fingerprint density at radius 2 is 1.71 bits per heavy atom. The van der Waals surface area contributed by atoms with E-state index in [0.717, 1.165) is 16.9 Å². The van der Waals surface area contributed by atoms with Gasteiger partial charge in [0.1, 0.15) is 0 Å². The topological polar surface area (TPSA) is 75.3 Å². The van der Waals surface area contributed by atoms with Crippen LogP contribution in [0.15, 0.2) is 58.3 Å². The summed E-state index contributed by atoms with van der Waals surface area (Å²) in [5.74, 6) is -0.359. The van der Waals surface area contributed by atoms with Gasteiger partial charge in [0.2, 0.25) is 5.91 Å². The van der Waals surface area contributed by atoms with Crippen LogP contribution in [-0.4, -0.2) is 20.1 Å². The smallest absolute Gasteiger partial charge is 0.257 e. The Labute approximate surface area is 150 Å². The highest BCUT2D eigenvalue weighted by Crippen LogP contribution is 2.19. The number of amides is 1. The minimum absolute atomic E-state index is 0.0823. The van der Waals surface area contributed by atoms with Crippen molar-refractivity contribution in [1.29, 1.82) is 0 Å². The molecule has 0 aromatic heterocycles. The van der Waals surface area contributed by atoms with Crippen molar-refractivity contribution >= 4 is 39.3 Å². The molecule has 128 valence electrons. The molecule has 0 aliphatic heterocycles. The van der Waals surface area contributed by atoms with Gasteiger partial charge in [-0.3, -0.25) is 10.2 Å². The number of carbonyl (C=O) groups is 1. The Hall–Kier alpha value is -1.54. The van der Waals surface area contributed by atoms with Crippen molar-refractivity contribution in [3.05, 3.63) is 59.1 Å². The third kappa shape index (κ3) is 5.52. The Morgan fingerprint density at radius 1 is 1.08 bits per heavy atom. The molecule has 0 saturated carbocycles. The van der Waals surface area contributed by atoms with Gasteiger partial charge in [0.25, 0.3) is 10.0 Å². The SMILES string of the molecule is CCc1ccc(S(=O)(=O)NNC(=O)CSc2ccc(Cl)cc2)cc1. The summed E-state index contributed by atoms with van der Waals surface area (Å²) in [6.07, 6.45) is 0.826. The van der Waals surface area contributed by atoms with Gasteiger partial charge in [-0.05, 0) is 48.4 Å². The highest BCUT2D eigenvalue weighted by Gasteiger charge is 2.14. The van der Waals surface area contributed by atoms with E-state index in [0.29, 0.717) is 5.02 Å². The number of benzene rings is 2. The molecule has 0 unspecified atom stereocenters. The standard InChI is InChI=1S/C16H17ClN2O3S2/c1-2-12-3-9-15(10-4-12)24(21,22)19-18-16(20)11-23-14-7-5-13(17)6-8-14/h3-10,19H,2,11H2,1H3,(H,18,20). The Kier molecular flexibility index (Phi) is 6.68. The van der Waals surface area contributed by atoms with Crippen LogP contribution < -0.4 is 10.3 Å². The molecule has 0 heterocycles. The zero-order valence-corrected chi connectivity index (χ0v) is 15.3. The second-order valence-corrected chi connectivity index (χ2v) is 8.06. The number of aryl methyl sites for hydroxylation is 1. The van der Waals surface area contributed by atoms with E-state index in [4.69, 9.17) is 11.6 Å². The van der Waals surface area contributed by atoms with Gasteiger partial charge < -0.3 is 0 Å². The van der Waals surface area contributed by atoms with E-state index >= 15 is 0 Å². The van der Waals surface area contributed by atoms with E-state index in [-0.39, 0.29) is 10.6 Å². The number of sulfonamides is 1. The van der Waals surface area contributed by atoms with Crippen LogP contribution in [0.25, 0.3) is 0 Å². The maximum absolute atomic E-state index is 12.1. The number of carbonyl (C=O) groups excluding carboxylic acids is 1. The van der Waals surface area contributed by atoms with Gasteiger partial charge >= 0.3 is 0 Å². The summed E-state index contributed by atoms with van der Waals surface area (Å²) in [6, 6.07) is 13.5. The summed E-state index contributed by atoms with van der Waals surface area (Å²) in [7, 11) is -3.78. The van der Waals surface area contributed by atoms with Gasteiger partial charge in [0.05, 0.1) is 10.6 Å². The fourth-order valence-electron chi connectivity index (χ4n) is 1.80. The van der Waals surface area contributed by atoms with E-state index in [9.17, 15) is 13.2 Å². The van der Waals surface area contributed by atoms with Crippen LogP contribution in [0.4, 0.5) is 0 Å². The molecule has 8 heteroatoms. The normalized spacial score (nSPS) is 11.2. The zero-order chi connectivity index (χ0) is 17.6. The van der Waals surface area contributed by atoms with Gasteiger partial charge in [-0.15, -0.1) is 16.6 Å². The minimum atomic E-state index is -3.78. The first-order valence-electron chi connectivity index (χ1n) is 7.18. The number of hydrazine groups is 1. The summed E-state index contributed by atoms with van der Waals surface area (Å²) >= 11 is 7.07. The lowest BCUT2D eigenvalue weighted by Crippen LogP contribution is -2.42. The molecule has 2 aromatic carbocycles. The van der Waals surface area contributed by atoms with Crippen LogP contribution in [0.5, 0.6) is 0 Å². The van der Waals surface area contributed by atoms with E-state index in [1.165, 1.54) is 23.9 Å². The zero-order valence-electron chi connectivity index (χ0n) is 13.0. The van der Waals surface area contributed by atoms with Crippen molar-refractivity contribution in [2.75, 3.05) is 5.75 Å². The van der Waals surface area contributed by atoms with Gasteiger partial charge in [-0.25, -0.2) is 8.42 Å². The molecule has 0 aliphatic carbocycles. The first kappa shape index (κ1) is 18.8. The molecule has 0 atom stereocenters. The lowest BCUT2D eigenvalue weighted by Gasteiger charge is -2.09. The number of hydrogen-bond acceptors (Lipinski definition) is 4. The van der Waals surface area contributed by atoms with Crippen LogP contribution >= 0.6 is 23.4 Å². The van der Waals surface area contributed by atoms with Crippen LogP contribution in [0.3, 0.4) is 0 Å². The molecule has 1 amide bonds. The van der Waals surface area contributed by atoms with Crippen molar-refractivity contribution in [2.45, 2.75) is 23.1 Å². The van der Waals surface area contributed by atoms with Crippen molar-refractivity contribution in [1.82, 2.24) is 10.3 Å². The summed E-state index contributed by atoms with van der Waals surface area (Å²) < 4.78 is 24.2. The van der Waals surface area contributed by atoms with Crippen LogP contribution in [0, 0.1) is 0 Å². The van der Waals surface area contributed by atoms with Crippen LogP contribution in [0.2, 0.25) is 5.02 Å². The molecule has 2 N–H and O–H groups in total. The van der Waals surface area contributed by atoms with E-state index in [2.05, 4.69) is 10.3 Å². The lowest BCUT2D eigenvalue weighted by atomic mass is 10.2. The summed E-state index contributed by atoms with van der Waals surface area (Å²) in [6.45, 7) is 1.99. The first-order valence-corrected chi connectivity index (χ1v) is 10.0. The van der Waals surface area contributed by atoms with E-state index < -0.39 is 15.9 Å². The van der Waals surface area contributed by atoms with Crippen molar-refractivity contribution in [3.8, 4) is 0 Å². The third-order valence-electron chi connectivity index (χ3n) is 3.15. The molecular formula is C16H17ClN2O3S2. The van der Waals surface area contributed by atoms with Crippen molar-refractivity contribution < 1.29 is 13.2 Å². The molecule has 24 heavy (non-hydrogen) atoms. The lowest BCUT2D eigenvalue weighted by molar-refractivity contribution is -0.119. The second kappa shape index (κ2) is 8.53. The summed E-state index contributed by atoms with van der Waals surface area (Å²) in [5, 5.41) is 0.616. The van der Waals surface area contributed by atoms with Crippen LogP contribution in [-0.2, 0) is 21.2 Å². The van der Waals surface area contributed by atoms with Gasteiger partial charge in [0.15, 0.2) is 0 Å². The Morgan fingerprint density at radius 3 is 2.29 bits per heavy atom. The largest absolute Gasteiger partial charge is 0.277 e. The van der Waals surface area contributed by atoms with Crippen LogP contribution in [0.1, 0.15) is 12.5 Å². The fourth-order valence-corrected chi connectivity index (χ4v) is 3.49. The maximum atomic E-state index is 12.1. The Bertz CT molecular complexity index is 791. The molecule has 0 saturated heterocycles. The minimum Gasteiger partial charge on any atom is -0.277 e. The average Bonchev–Trinajstić information content (AvgIpc) is 2.59. The fraction of sp³-hybridized carbons (Fsp3) is 0.188. The monoisotopic (exact) mass is 384 g/mol. The number of hydrogen-bond donors (Lipinski definition) is 2. The number of halogens is 1. The van der Waals surface area contributed by atoms with E-state index in [1.54, 1.807) is 36.4 Å². The van der Waals surface area contributed by atoms with Gasteiger partial charge in [0, 0.05) is 9.92 Å². The van der Waals surface area contributed by atoms with Crippen molar-refractivity contribution in [3.63, 3.8) is 0 Å². The average molecular weight is 385 g/mol. The molecule has 0 spiro atoms. The first-order chi connectivity index (χ1) is 11.4.